The Kier molecular flexibility index (Phi) is 5.68. The molecule has 2 aromatic carbocycles. The van der Waals surface area contributed by atoms with Crippen LogP contribution in [0, 0.1) is 0 Å². The monoisotopic (exact) mass is 315 g/mol. The number of ether oxygens (including phenoxy) is 3. The van der Waals surface area contributed by atoms with Gasteiger partial charge in [0.2, 0.25) is 0 Å². The van der Waals surface area contributed by atoms with E-state index in [1.165, 1.54) is 0 Å². The van der Waals surface area contributed by atoms with Crippen molar-refractivity contribution in [1.82, 2.24) is 0 Å². The molecule has 0 aliphatic rings. The van der Waals surface area contributed by atoms with Gasteiger partial charge in [-0.15, -0.1) is 0 Å². The Balaban J connectivity index is 2.13. The van der Waals surface area contributed by atoms with Crippen molar-refractivity contribution in [2.24, 2.45) is 10.7 Å². The van der Waals surface area contributed by atoms with E-state index in [1.54, 1.807) is 33.5 Å². The molecule has 122 valence electrons. The number of guanidine groups is 1. The molecule has 0 amide bonds. The third kappa shape index (κ3) is 4.29. The molecule has 0 spiro atoms. The zero-order chi connectivity index (χ0) is 16.7. The highest BCUT2D eigenvalue weighted by Gasteiger charge is 2.06. The minimum absolute atomic E-state index is 0.280. The van der Waals surface area contributed by atoms with Crippen LogP contribution in [0.25, 0.3) is 0 Å². The molecule has 0 atom stereocenters. The van der Waals surface area contributed by atoms with Crippen molar-refractivity contribution in [3.05, 3.63) is 48.0 Å². The molecule has 2 aromatic rings. The smallest absolute Gasteiger partial charge is 0.193 e. The predicted molar refractivity (Wildman–Crippen MR) is 91.5 cm³/mol. The highest BCUT2D eigenvalue weighted by Crippen LogP contribution is 2.28. The van der Waals surface area contributed by atoms with Gasteiger partial charge in [-0.05, 0) is 18.2 Å². The van der Waals surface area contributed by atoms with Crippen LogP contribution in [0.15, 0.2) is 47.5 Å². The van der Waals surface area contributed by atoms with Gasteiger partial charge in [0.25, 0.3) is 0 Å². The third-order valence-electron chi connectivity index (χ3n) is 3.28. The van der Waals surface area contributed by atoms with Crippen molar-refractivity contribution in [2.45, 2.75) is 6.54 Å². The molecule has 6 heteroatoms. The number of rotatable bonds is 6. The van der Waals surface area contributed by atoms with Gasteiger partial charge in [0.05, 0.1) is 33.6 Å². The molecule has 0 unspecified atom stereocenters. The second-order valence-corrected chi connectivity index (χ2v) is 4.70. The Morgan fingerprint density at radius 1 is 1.00 bits per heavy atom. The van der Waals surface area contributed by atoms with Crippen LogP contribution in [0.2, 0.25) is 0 Å². The van der Waals surface area contributed by atoms with Crippen LogP contribution >= 0.6 is 0 Å². The van der Waals surface area contributed by atoms with Crippen molar-refractivity contribution < 1.29 is 14.2 Å². The number of anilines is 1. The lowest BCUT2D eigenvalue weighted by Gasteiger charge is -2.12. The summed E-state index contributed by atoms with van der Waals surface area (Å²) in [6.45, 7) is 0.412. The van der Waals surface area contributed by atoms with Crippen molar-refractivity contribution >= 4 is 11.6 Å². The van der Waals surface area contributed by atoms with E-state index in [4.69, 9.17) is 19.9 Å². The molecule has 0 aliphatic heterocycles. The SMILES string of the molecule is COc1ccc(OC)c(NC(N)=NCc2ccccc2OC)c1. The van der Waals surface area contributed by atoms with Gasteiger partial charge in [-0.2, -0.15) is 0 Å². The van der Waals surface area contributed by atoms with Crippen LogP contribution in [0.4, 0.5) is 5.69 Å². The quantitative estimate of drug-likeness (QED) is 0.633. The van der Waals surface area contributed by atoms with E-state index in [0.717, 1.165) is 11.3 Å². The maximum absolute atomic E-state index is 5.96. The van der Waals surface area contributed by atoms with Crippen LogP contribution in [0.1, 0.15) is 5.56 Å². The molecule has 0 aliphatic carbocycles. The predicted octanol–water partition coefficient (Wildman–Crippen LogP) is 2.64. The number of benzene rings is 2. The molecule has 0 radical (unpaired) electrons. The Morgan fingerprint density at radius 2 is 1.74 bits per heavy atom. The van der Waals surface area contributed by atoms with Gasteiger partial charge >= 0.3 is 0 Å². The number of nitrogens with one attached hydrogen (secondary N) is 1. The number of aliphatic imine (C=N–C) groups is 1. The van der Waals surface area contributed by atoms with Gasteiger partial charge in [0.1, 0.15) is 17.2 Å². The molecule has 0 heterocycles. The van der Waals surface area contributed by atoms with Gasteiger partial charge in [-0.1, -0.05) is 18.2 Å². The Labute approximate surface area is 135 Å². The lowest BCUT2D eigenvalue weighted by atomic mass is 10.2. The summed E-state index contributed by atoms with van der Waals surface area (Å²) >= 11 is 0. The summed E-state index contributed by atoms with van der Waals surface area (Å²) in [6.07, 6.45) is 0. The fraction of sp³-hybridized carbons (Fsp3) is 0.235. The van der Waals surface area contributed by atoms with E-state index >= 15 is 0 Å². The van der Waals surface area contributed by atoms with Crippen LogP contribution in [0.5, 0.6) is 17.2 Å². The zero-order valence-corrected chi connectivity index (χ0v) is 13.5. The average Bonchev–Trinajstić information content (AvgIpc) is 2.60. The van der Waals surface area contributed by atoms with Gasteiger partial charge in [-0.3, -0.25) is 0 Å². The Hall–Kier alpha value is -2.89. The van der Waals surface area contributed by atoms with E-state index in [2.05, 4.69) is 10.3 Å². The van der Waals surface area contributed by atoms with Gasteiger partial charge in [0.15, 0.2) is 5.96 Å². The molecule has 0 saturated heterocycles. The molecular formula is C17H21N3O3. The normalized spacial score (nSPS) is 11.0. The fourth-order valence-electron chi connectivity index (χ4n) is 2.09. The number of nitrogens with zero attached hydrogens (tertiary/aromatic N) is 1. The molecule has 3 N–H and O–H groups in total. The summed E-state index contributed by atoms with van der Waals surface area (Å²) in [5, 5.41) is 3.03. The van der Waals surface area contributed by atoms with Gasteiger partial charge in [0, 0.05) is 11.6 Å². The fourth-order valence-corrected chi connectivity index (χ4v) is 2.09. The summed E-state index contributed by atoms with van der Waals surface area (Å²) < 4.78 is 15.8. The second kappa shape index (κ2) is 7.93. The first kappa shape index (κ1) is 16.5. The van der Waals surface area contributed by atoms with Gasteiger partial charge < -0.3 is 25.3 Å². The number of methoxy groups -OCH3 is 3. The first-order chi connectivity index (χ1) is 11.2. The summed E-state index contributed by atoms with van der Waals surface area (Å²) in [6, 6.07) is 13.1. The maximum Gasteiger partial charge on any atom is 0.193 e. The molecular weight excluding hydrogens is 294 g/mol. The van der Waals surface area contributed by atoms with E-state index in [9.17, 15) is 0 Å². The van der Waals surface area contributed by atoms with E-state index < -0.39 is 0 Å². The molecule has 0 aromatic heterocycles. The minimum atomic E-state index is 0.280. The Morgan fingerprint density at radius 3 is 2.43 bits per heavy atom. The number of hydrogen-bond acceptors (Lipinski definition) is 4. The summed E-state index contributed by atoms with van der Waals surface area (Å²) in [5.74, 6) is 2.41. The summed E-state index contributed by atoms with van der Waals surface area (Å²) in [5.41, 5.74) is 7.61. The van der Waals surface area contributed by atoms with Crippen LogP contribution in [-0.4, -0.2) is 27.3 Å². The third-order valence-corrected chi connectivity index (χ3v) is 3.28. The van der Waals surface area contributed by atoms with Crippen LogP contribution < -0.4 is 25.3 Å². The van der Waals surface area contributed by atoms with Gasteiger partial charge in [-0.25, -0.2) is 4.99 Å². The van der Waals surface area contributed by atoms with Crippen LogP contribution in [-0.2, 0) is 6.54 Å². The standard InChI is InChI=1S/C17H21N3O3/c1-21-13-8-9-16(23-3)14(10-13)20-17(18)19-11-12-6-4-5-7-15(12)22-2/h4-10H,11H2,1-3H3,(H3,18,19,20). The van der Waals surface area contributed by atoms with Crippen LogP contribution in [0.3, 0.4) is 0 Å². The lowest BCUT2D eigenvalue weighted by molar-refractivity contribution is 0.405. The molecule has 23 heavy (non-hydrogen) atoms. The molecule has 6 nitrogen and oxygen atoms in total. The summed E-state index contributed by atoms with van der Waals surface area (Å²) in [4.78, 5) is 4.34. The molecule has 0 saturated carbocycles. The van der Waals surface area contributed by atoms with E-state index in [1.807, 2.05) is 30.3 Å². The molecule has 0 fully saturated rings. The molecule has 0 bridgehead atoms. The second-order valence-electron chi connectivity index (χ2n) is 4.70. The lowest BCUT2D eigenvalue weighted by Crippen LogP contribution is -2.23. The van der Waals surface area contributed by atoms with Crippen molar-refractivity contribution in [3.8, 4) is 17.2 Å². The maximum atomic E-state index is 5.96. The van der Waals surface area contributed by atoms with Crippen molar-refractivity contribution in [3.63, 3.8) is 0 Å². The number of nitrogens with two attached hydrogens (primary N) is 1. The average molecular weight is 315 g/mol. The molecule has 2 rings (SSSR count). The first-order valence-corrected chi connectivity index (χ1v) is 7.08. The number of hydrogen-bond donors (Lipinski definition) is 2. The van der Waals surface area contributed by atoms with Crippen molar-refractivity contribution in [2.75, 3.05) is 26.6 Å². The Bertz CT molecular complexity index is 687. The summed E-state index contributed by atoms with van der Waals surface area (Å²) in [7, 11) is 4.82. The first-order valence-electron chi connectivity index (χ1n) is 7.08. The zero-order valence-electron chi connectivity index (χ0n) is 13.5. The largest absolute Gasteiger partial charge is 0.497 e. The van der Waals surface area contributed by atoms with E-state index in [-0.39, 0.29) is 5.96 Å². The topological polar surface area (TPSA) is 78.1 Å². The van der Waals surface area contributed by atoms with Crippen molar-refractivity contribution in [1.29, 1.82) is 0 Å². The minimum Gasteiger partial charge on any atom is -0.497 e. The number of para-hydroxylation sites is 1. The van der Waals surface area contributed by atoms with E-state index in [0.29, 0.717) is 23.7 Å². The highest BCUT2D eigenvalue weighted by atomic mass is 16.5. The highest BCUT2D eigenvalue weighted by molar-refractivity contribution is 5.94.